The van der Waals surface area contributed by atoms with E-state index >= 15 is 0 Å². The van der Waals surface area contributed by atoms with Gasteiger partial charge >= 0.3 is 0 Å². The van der Waals surface area contributed by atoms with Crippen LogP contribution < -0.4 is 4.74 Å². The maximum absolute atomic E-state index is 9.47. The molecule has 0 unspecified atom stereocenters. The lowest BCUT2D eigenvalue weighted by molar-refractivity contribution is 0.340. The van der Waals surface area contributed by atoms with Crippen LogP contribution in [-0.2, 0) is 0 Å². The Morgan fingerprint density at radius 2 is 1.94 bits per heavy atom. The van der Waals surface area contributed by atoms with Gasteiger partial charge in [-0.15, -0.1) is 0 Å². The van der Waals surface area contributed by atoms with Gasteiger partial charge < -0.3 is 9.84 Å². The Kier molecular flexibility index (Phi) is 3.49. The van der Waals surface area contributed by atoms with Crippen molar-refractivity contribution in [2.45, 2.75) is 6.92 Å². The van der Waals surface area contributed by atoms with Crippen LogP contribution >= 0.6 is 0 Å². The number of benzene rings is 2. The van der Waals surface area contributed by atoms with Gasteiger partial charge in [-0.05, 0) is 42.3 Å². The number of phenolic OH excluding ortho intramolecular Hbond substituents is 1. The number of nitrogens with zero attached hydrogens (tertiary/aromatic N) is 1. The molecule has 2 aromatic carbocycles. The van der Waals surface area contributed by atoms with Crippen LogP contribution in [0.1, 0.15) is 12.5 Å². The van der Waals surface area contributed by atoms with Gasteiger partial charge in [-0.2, -0.15) is 5.26 Å². The van der Waals surface area contributed by atoms with Crippen LogP contribution in [0.25, 0.3) is 11.1 Å². The summed E-state index contributed by atoms with van der Waals surface area (Å²) in [6.07, 6.45) is 0. The Labute approximate surface area is 106 Å². The standard InChI is InChI=1S/C15H13NO2/c1-2-18-14-5-3-4-11(9-14)12-6-7-15(17)13(8-12)10-16/h3-9,17H,2H2,1H3. The van der Waals surface area contributed by atoms with Gasteiger partial charge in [0, 0.05) is 0 Å². The van der Waals surface area contributed by atoms with Crippen LogP contribution in [0.2, 0.25) is 0 Å². The number of ether oxygens (including phenoxy) is 1. The molecule has 3 nitrogen and oxygen atoms in total. The molecule has 2 aromatic rings. The molecule has 1 N–H and O–H groups in total. The molecule has 0 radical (unpaired) electrons. The molecule has 0 saturated carbocycles. The lowest BCUT2D eigenvalue weighted by atomic mass is 10.0. The average Bonchev–Trinajstić information content (AvgIpc) is 2.40. The van der Waals surface area contributed by atoms with E-state index in [1.165, 1.54) is 6.07 Å². The minimum Gasteiger partial charge on any atom is -0.507 e. The Morgan fingerprint density at radius 1 is 1.17 bits per heavy atom. The minimum absolute atomic E-state index is 0.00205. The van der Waals surface area contributed by atoms with Crippen LogP contribution in [0, 0.1) is 11.3 Å². The smallest absolute Gasteiger partial charge is 0.133 e. The van der Waals surface area contributed by atoms with Crippen LogP contribution in [0.3, 0.4) is 0 Å². The number of nitriles is 1. The van der Waals surface area contributed by atoms with E-state index in [1.807, 2.05) is 37.3 Å². The van der Waals surface area contributed by atoms with Crippen molar-refractivity contribution >= 4 is 0 Å². The van der Waals surface area contributed by atoms with Gasteiger partial charge in [0.1, 0.15) is 17.6 Å². The highest BCUT2D eigenvalue weighted by atomic mass is 16.5. The number of rotatable bonds is 3. The van der Waals surface area contributed by atoms with Crippen LogP contribution in [0.15, 0.2) is 42.5 Å². The minimum atomic E-state index is 0.00205. The predicted molar refractivity (Wildman–Crippen MR) is 69.4 cm³/mol. The molecule has 0 saturated heterocycles. The SMILES string of the molecule is CCOc1cccc(-c2ccc(O)c(C#N)c2)c1. The first-order valence-corrected chi connectivity index (χ1v) is 5.71. The summed E-state index contributed by atoms with van der Waals surface area (Å²) in [6, 6.07) is 14.6. The Morgan fingerprint density at radius 3 is 2.67 bits per heavy atom. The second kappa shape index (κ2) is 5.24. The first-order chi connectivity index (χ1) is 8.74. The van der Waals surface area contributed by atoms with E-state index in [-0.39, 0.29) is 11.3 Å². The van der Waals surface area contributed by atoms with Crippen molar-refractivity contribution in [1.29, 1.82) is 5.26 Å². The highest BCUT2D eigenvalue weighted by molar-refractivity contribution is 5.68. The molecule has 0 atom stereocenters. The van der Waals surface area contributed by atoms with E-state index in [9.17, 15) is 5.11 Å². The van der Waals surface area contributed by atoms with Gasteiger partial charge in [-0.25, -0.2) is 0 Å². The molecule has 18 heavy (non-hydrogen) atoms. The van der Waals surface area contributed by atoms with Gasteiger partial charge in [-0.3, -0.25) is 0 Å². The van der Waals surface area contributed by atoms with Crippen molar-refractivity contribution in [2.75, 3.05) is 6.61 Å². The second-order valence-electron chi connectivity index (χ2n) is 3.80. The van der Waals surface area contributed by atoms with Crippen LogP contribution in [0.5, 0.6) is 11.5 Å². The molecule has 0 aliphatic carbocycles. The largest absolute Gasteiger partial charge is 0.507 e. The zero-order valence-electron chi connectivity index (χ0n) is 10.1. The highest BCUT2D eigenvalue weighted by Gasteiger charge is 2.04. The molecule has 0 bridgehead atoms. The van der Waals surface area contributed by atoms with Crippen molar-refractivity contribution in [3.63, 3.8) is 0 Å². The van der Waals surface area contributed by atoms with Crippen molar-refractivity contribution in [1.82, 2.24) is 0 Å². The normalized spacial score (nSPS) is 9.78. The third-order valence-electron chi connectivity index (χ3n) is 2.60. The van der Waals surface area contributed by atoms with Crippen LogP contribution in [0.4, 0.5) is 0 Å². The molecule has 3 heteroatoms. The molecule has 0 heterocycles. The molecule has 0 aromatic heterocycles. The predicted octanol–water partition coefficient (Wildman–Crippen LogP) is 3.33. The summed E-state index contributed by atoms with van der Waals surface area (Å²) in [5, 5.41) is 18.4. The first-order valence-electron chi connectivity index (χ1n) is 5.71. The van der Waals surface area contributed by atoms with E-state index < -0.39 is 0 Å². The fourth-order valence-electron chi connectivity index (χ4n) is 1.74. The van der Waals surface area contributed by atoms with E-state index in [2.05, 4.69) is 0 Å². The van der Waals surface area contributed by atoms with Gasteiger partial charge in [0.05, 0.1) is 12.2 Å². The number of aromatic hydroxyl groups is 1. The van der Waals surface area contributed by atoms with Crippen molar-refractivity contribution < 1.29 is 9.84 Å². The zero-order chi connectivity index (χ0) is 13.0. The molecular weight excluding hydrogens is 226 g/mol. The van der Waals surface area contributed by atoms with Crippen LogP contribution in [-0.4, -0.2) is 11.7 Å². The van der Waals surface area contributed by atoms with Crippen molar-refractivity contribution in [3.8, 4) is 28.7 Å². The van der Waals surface area contributed by atoms with Gasteiger partial charge in [0.25, 0.3) is 0 Å². The third kappa shape index (κ3) is 2.44. The topological polar surface area (TPSA) is 53.2 Å². The van der Waals surface area contributed by atoms with Crippen molar-refractivity contribution in [3.05, 3.63) is 48.0 Å². The summed E-state index contributed by atoms with van der Waals surface area (Å²) < 4.78 is 5.43. The van der Waals surface area contributed by atoms with E-state index in [0.29, 0.717) is 6.61 Å². The summed E-state index contributed by atoms with van der Waals surface area (Å²) >= 11 is 0. The summed E-state index contributed by atoms with van der Waals surface area (Å²) in [4.78, 5) is 0. The molecule has 0 aliphatic rings. The molecule has 0 fully saturated rings. The van der Waals surface area contributed by atoms with Crippen molar-refractivity contribution in [2.24, 2.45) is 0 Å². The van der Waals surface area contributed by atoms with Gasteiger partial charge in [0.15, 0.2) is 0 Å². The maximum atomic E-state index is 9.47. The molecule has 0 amide bonds. The lowest BCUT2D eigenvalue weighted by Gasteiger charge is -2.07. The Balaban J connectivity index is 2.42. The average molecular weight is 239 g/mol. The number of hydrogen-bond acceptors (Lipinski definition) is 3. The fraction of sp³-hybridized carbons (Fsp3) is 0.133. The summed E-state index contributed by atoms with van der Waals surface area (Å²) in [5.74, 6) is 0.795. The molecule has 90 valence electrons. The maximum Gasteiger partial charge on any atom is 0.133 e. The molecule has 0 aliphatic heterocycles. The number of phenols is 1. The monoisotopic (exact) mass is 239 g/mol. The lowest BCUT2D eigenvalue weighted by Crippen LogP contribution is -1.91. The van der Waals surface area contributed by atoms with E-state index in [4.69, 9.17) is 10.00 Å². The molecule has 0 spiro atoms. The Hall–Kier alpha value is -2.47. The van der Waals surface area contributed by atoms with E-state index in [1.54, 1.807) is 12.1 Å². The third-order valence-corrected chi connectivity index (χ3v) is 2.60. The second-order valence-corrected chi connectivity index (χ2v) is 3.80. The Bertz CT molecular complexity index is 600. The van der Waals surface area contributed by atoms with Gasteiger partial charge in [-0.1, -0.05) is 18.2 Å². The fourth-order valence-corrected chi connectivity index (χ4v) is 1.74. The zero-order valence-corrected chi connectivity index (χ0v) is 10.1. The first kappa shape index (κ1) is 12.0. The van der Waals surface area contributed by atoms with Gasteiger partial charge in [0.2, 0.25) is 0 Å². The quantitative estimate of drug-likeness (QED) is 0.893. The summed E-state index contributed by atoms with van der Waals surface area (Å²) in [6.45, 7) is 2.55. The molecular formula is C15H13NO2. The molecule has 2 rings (SSSR count). The van der Waals surface area contributed by atoms with E-state index in [0.717, 1.165) is 16.9 Å². The summed E-state index contributed by atoms with van der Waals surface area (Å²) in [7, 11) is 0. The highest BCUT2D eigenvalue weighted by Crippen LogP contribution is 2.27. The number of hydrogen-bond donors (Lipinski definition) is 1. The summed E-state index contributed by atoms with van der Waals surface area (Å²) in [5.41, 5.74) is 2.11.